The first-order valence-electron chi connectivity index (χ1n) is 7.89. The van der Waals surface area contributed by atoms with E-state index in [1.165, 1.54) is 24.5 Å². The van der Waals surface area contributed by atoms with Gasteiger partial charge < -0.3 is 16.8 Å². The minimum atomic E-state index is -4.41. The number of nitrogen functional groups attached to an aromatic ring is 1. The van der Waals surface area contributed by atoms with Gasteiger partial charge in [0.15, 0.2) is 5.82 Å². The van der Waals surface area contributed by atoms with Crippen molar-refractivity contribution in [1.82, 2.24) is 15.0 Å². The molecule has 2 aromatic heterocycles. The molecule has 0 saturated heterocycles. The Labute approximate surface area is 163 Å². The molecule has 0 atom stereocenters. The fourth-order valence-corrected chi connectivity index (χ4v) is 2.60. The standard InChI is InChI=1S/C18H14ClF3N6/c19-12-2-1-7-25-15(12)14-9-26-16(17(24)28-14)13(8-23)27-11-5-3-10(4-6-11)18(20,21)22/h1-9,27H,23H2,(H2,24,28)/b13-8+. The summed E-state index contributed by atoms with van der Waals surface area (Å²) >= 11 is 6.10. The highest BCUT2D eigenvalue weighted by Crippen LogP contribution is 2.31. The normalized spacial score (nSPS) is 12.1. The number of hydrogen-bond acceptors (Lipinski definition) is 6. The van der Waals surface area contributed by atoms with Gasteiger partial charge in [0.05, 0.1) is 22.5 Å². The van der Waals surface area contributed by atoms with Crippen LogP contribution in [0.5, 0.6) is 0 Å². The summed E-state index contributed by atoms with van der Waals surface area (Å²) in [7, 11) is 0. The molecule has 0 fully saturated rings. The largest absolute Gasteiger partial charge is 0.416 e. The summed E-state index contributed by atoms with van der Waals surface area (Å²) in [6.45, 7) is 0. The predicted octanol–water partition coefficient (Wildman–Crippen LogP) is 4.16. The van der Waals surface area contributed by atoms with Crippen LogP contribution in [0.2, 0.25) is 5.02 Å². The van der Waals surface area contributed by atoms with E-state index in [0.29, 0.717) is 22.1 Å². The van der Waals surface area contributed by atoms with Crippen molar-refractivity contribution in [2.45, 2.75) is 6.18 Å². The molecular weight excluding hydrogens is 393 g/mol. The lowest BCUT2D eigenvalue weighted by Gasteiger charge is -2.13. The molecule has 0 spiro atoms. The van der Waals surface area contributed by atoms with Gasteiger partial charge in [0.25, 0.3) is 0 Å². The van der Waals surface area contributed by atoms with E-state index >= 15 is 0 Å². The van der Waals surface area contributed by atoms with E-state index in [-0.39, 0.29) is 17.2 Å². The minimum Gasteiger partial charge on any atom is -0.403 e. The highest BCUT2D eigenvalue weighted by Gasteiger charge is 2.30. The Morgan fingerprint density at radius 3 is 2.39 bits per heavy atom. The van der Waals surface area contributed by atoms with Crippen LogP contribution >= 0.6 is 11.6 Å². The first kappa shape index (κ1) is 19.4. The maximum absolute atomic E-state index is 12.7. The Bertz CT molecular complexity index is 1020. The molecule has 10 heteroatoms. The van der Waals surface area contributed by atoms with E-state index in [2.05, 4.69) is 20.3 Å². The number of benzene rings is 1. The van der Waals surface area contributed by atoms with Gasteiger partial charge in [0.2, 0.25) is 0 Å². The van der Waals surface area contributed by atoms with E-state index in [9.17, 15) is 13.2 Å². The highest BCUT2D eigenvalue weighted by molar-refractivity contribution is 6.32. The van der Waals surface area contributed by atoms with E-state index in [1.807, 2.05) is 0 Å². The summed E-state index contributed by atoms with van der Waals surface area (Å²) in [6.07, 6.45) is -0.225. The van der Waals surface area contributed by atoms with Crippen LogP contribution in [0.1, 0.15) is 11.3 Å². The van der Waals surface area contributed by atoms with Crippen LogP contribution in [-0.2, 0) is 6.18 Å². The second-order valence-corrected chi connectivity index (χ2v) is 6.01. The number of anilines is 2. The molecule has 5 N–H and O–H groups in total. The molecule has 2 heterocycles. The zero-order valence-corrected chi connectivity index (χ0v) is 15.0. The minimum absolute atomic E-state index is 0.0512. The van der Waals surface area contributed by atoms with Gasteiger partial charge in [0, 0.05) is 18.1 Å². The summed E-state index contributed by atoms with van der Waals surface area (Å²) < 4.78 is 38.0. The van der Waals surface area contributed by atoms with Crippen molar-refractivity contribution in [3.8, 4) is 11.4 Å². The lowest BCUT2D eigenvalue weighted by Crippen LogP contribution is -2.09. The number of nitrogens with two attached hydrogens (primary N) is 2. The third-order valence-electron chi connectivity index (χ3n) is 3.71. The maximum Gasteiger partial charge on any atom is 0.416 e. The van der Waals surface area contributed by atoms with Crippen molar-refractivity contribution in [1.29, 1.82) is 0 Å². The number of aromatic nitrogens is 3. The number of pyridine rings is 1. The van der Waals surface area contributed by atoms with Crippen LogP contribution in [0.15, 0.2) is 55.0 Å². The Kier molecular flexibility index (Phi) is 5.36. The van der Waals surface area contributed by atoms with Gasteiger partial charge in [-0.2, -0.15) is 13.2 Å². The zero-order chi connectivity index (χ0) is 20.3. The average Bonchev–Trinajstić information content (AvgIpc) is 2.66. The van der Waals surface area contributed by atoms with Gasteiger partial charge in [-0.25, -0.2) is 9.97 Å². The molecule has 6 nitrogen and oxygen atoms in total. The number of nitrogens with zero attached hydrogens (tertiary/aromatic N) is 3. The summed E-state index contributed by atoms with van der Waals surface area (Å²) in [4.78, 5) is 12.6. The fourth-order valence-electron chi connectivity index (χ4n) is 2.38. The van der Waals surface area contributed by atoms with E-state index in [4.69, 9.17) is 23.1 Å². The molecule has 0 aliphatic carbocycles. The third-order valence-corrected chi connectivity index (χ3v) is 4.02. The monoisotopic (exact) mass is 406 g/mol. The Hall–Kier alpha value is -3.33. The molecule has 144 valence electrons. The molecule has 3 rings (SSSR count). The van der Waals surface area contributed by atoms with Crippen molar-refractivity contribution in [3.05, 3.63) is 71.3 Å². The summed E-state index contributed by atoms with van der Waals surface area (Å²) in [5, 5.41) is 3.27. The number of nitrogens with one attached hydrogen (secondary N) is 1. The second kappa shape index (κ2) is 7.73. The van der Waals surface area contributed by atoms with Crippen molar-refractivity contribution < 1.29 is 13.2 Å². The van der Waals surface area contributed by atoms with Gasteiger partial charge in [-0.1, -0.05) is 11.6 Å². The lowest BCUT2D eigenvalue weighted by atomic mass is 10.2. The fraction of sp³-hybridized carbons (Fsp3) is 0.0556. The summed E-state index contributed by atoms with van der Waals surface area (Å²) in [5.74, 6) is 0.0512. The van der Waals surface area contributed by atoms with Gasteiger partial charge in [0.1, 0.15) is 17.1 Å². The number of hydrogen-bond donors (Lipinski definition) is 3. The summed E-state index contributed by atoms with van der Waals surface area (Å²) in [6, 6.07) is 7.80. The van der Waals surface area contributed by atoms with Crippen molar-refractivity contribution in [2.75, 3.05) is 11.1 Å². The lowest BCUT2D eigenvalue weighted by molar-refractivity contribution is -0.137. The predicted molar refractivity (Wildman–Crippen MR) is 102 cm³/mol. The van der Waals surface area contributed by atoms with Gasteiger partial charge in [-0.05, 0) is 36.4 Å². The number of halogens is 4. The van der Waals surface area contributed by atoms with E-state index < -0.39 is 11.7 Å². The quantitative estimate of drug-likeness (QED) is 0.601. The first-order chi connectivity index (χ1) is 13.3. The van der Waals surface area contributed by atoms with Crippen LogP contribution < -0.4 is 16.8 Å². The smallest absolute Gasteiger partial charge is 0.403 e. The third kappa shape index (κ3) is 4.15. The molecule has 0 bridgehead atoms. The molecule has 28 heavy (non-hydrogen) atoms. The highest BCUT2D eigenvalue weighted by atomic mass is 35.5. The van der Waals surface area contributed by atoms with Crippen LogP contribution in [0.3, 0.4) is 0 Å². The van der Waals surface area contributed by atoms with Crippen LogP contribution in [0, 0.1) is 0 Å². The molecule has 0 aliphatic rings. The molecule has 1 aromatic carbocycles. The van der Waals surface area contributed by atoms with Gasteiger partial charge in [-0.15, -0.1) is 0 Å². The average molecular weight is 407 g/mol. The summed E-state index contributed by atoms with van der Waals surface area (Å²) in [5.41, 5.74) is 12.6. The molecule has 0 amide bonds. The molecular formula is C18H14ClF3N6. The Morgan fingerprint density at radius 1 is 1.11 bits per heavy atom. The van der Waals surface area contributed by atoms with Gasteiger partial charge in [-0.3, -0.25) is 4.98 Å². The van der Waals surface area contributed by atoms with Gasteiger partial charge >= 0.3 is 6.18 Å². The molecule has 0 unspecified atom stereocenters. The van der Waals surface area contributed by atoms with Crippen LogP contribution in [-0.4, -0.2) is 15.0 Å². The molecule has 3 aromatic rings. The van der Waals surface area contributed by atoms with E-state index in [1.54, 1.807) is 18.3 Å². The van der Waals surface area contributed by atoms with Crippen molar-refractivity contribution in [2.24, 2.45) is 5.73 Å². The van der Waals surface area contributed by atoms with Crippen LogP contribution in [0.25, 0.3) is 17.1 Å². The maximum atomic E-state index is 12.7. The molecule has 0 saturated carbocycles. The van der Waals surface area contributed by atoms with Crippen molar-refractivity contribution >= 4 is 28.8 Å². The SMILES string of the molecule is N/C=C(/Nc1ccc(C(F)(F)F)cc1)c1ncc(-c2ncccc2Cl)nc1N. The van der Waals surface area contributed by atoms with Crippen molar-refractivity contribution in [3.63, 3.8) is 0 Å². The Morgan fingerprint density at radius 2 is 1.82 bits per heavy atom. The second-order valence-electron chi connectivity index (χ2n) is 5.60. The number of rotatable bonds is 4. The molecule has 0 aliphatic heterocycles. The topological polar surface area (TPSA) is 103 Å². The molecule has 0 radical (unpaired) electrons. The first-order valence-corrected chi connectivity index (χ1v) is 8.27. The Balaban J connectivity index is 1.86. The van der Waals surface area contributed by atoms with E-state index in [0.717, 1.165) is 12.1 Å². The zero-order valence-electron chi connectivity index (χ0n) is 14.2. The number of alkyl halides is 3. The van der Waals surface area contributed by atoms with Crippen LogP contribution in [0.4, 0.5) is 24.7 Å².